The second-order valence-corrected chi connectivity index (χ2v) is 7.56. The average Bonchev–Trinajstić information content (AvgIpc) is 2.68. The minimum absolute atomic E-state index is 0.0580. The van der Waals surface area contributed by atoms with Crippen molar-refractivity contribution in [1.82, 2.24) is 4.98 Å². The van der Waals surface area contributed by atoms with Gasteiger partial charge in [0, 0.05) is 5.39 Å². The second kappa shape index (κ2) is 7.39. The van der Waals surface area contributed by atoms with Gasteiger partial charge in [-0.25, -0.2) is 0 Å². The molecule has 27 heavy (non-hydrogen) atoms. The molecule has 4 nitrogen and oxygen atoms in total. The predicted molar refractivity (Wildman–Crippen MR) is 108 cm³/mol. The van der Waals surface area contributed by atoms with E-state index in [-0.39, 0.29) is 11.7 Å². The fraction of sp³-hybridized carbons (Fsp3) is 0.304. The molecule has 1 heterocycles. The lowest BCUT2D eigenvalue weighted by Crippen LogP contribution is -2.40. The van der Waals surface area contributed by atoms with Crippen molar-refractivity contribution in [3.05, 3.63) is 66.4 Å². The van der Waals surface area contributed by atoms with Crippen LogP contribution < -0.4 is 5.32 Å². The van der Waals surface area contributed by atoms with Crippen LogP contribution in [0.4, 0.5) is 5.69 Å². The van der Waals surface area contributed by atoms with E-state index in [1.165, 1.54) is 6.42 Å². The highest BCUT2D eigenvalue weighted by atomic mass is 16.3. The maximum Gasteiger partial charge on any atom is 0.230 e. The first-order chi connectivity index (χ1) is 13.1. The number of aromatic hydroxyl groups is 1. The van der Waals surface area contributed by atoms with Crippen LogP contribution in [-0.2, 0) is 11.2 Å². The lowest BCUT2D eigenvalue weighted by atomic mass is 9.69. The van der Waals surface area contributed by atoms with Crippen LogP contribution in [0.25, 0.3) is 10.9 Å². The van der Waals surface area contributed by atoms with Gasteiger partial charge in [-0.2, -0.15) is 0 Å². The first-order valence-corrected chi connectivity index (χ1v) is 9.59. The number of hydrogen-bond donors (Lipinski definition) is 2. The molecule has 0 radical (unpaired) electrons. The van der Waals surface area contributed by atoms with Gasteiger partial charge in [-0.3, -0.25) is 9.78 Å². The Morgan fingerprint density at radius 1 is 1.04 bits per heavy atom. The van der Waals surface area contributed by atoms with Gasteiger partial charge in [-0.1, -0.05) is 49.6 Å². The van der Waals surface area contributed by atoms with Gasteiger partial charge in [0.25, 0.3) is 0 Å². The molecule has 1 aliphatic rings. The van der Waals surface area contributed by atoms with E-state index in [1.807, 2.05) is 42.5 Å². The number of phenols is 1. The topological polar surface area (TPSA) is 62.2 Å². The van der Waals surface area contributed by atoms with Crippen LogP contribution in [0, 0.1) is 5.41 Å². The van der Waals surface area contributed by atoms with Gasteiger partial charge in [0.2, 0.25) is 5.91 Å². The molecule has 0 spiro atoms. The van der Waals surface area contributed by atoms with Crippen molar-refractivity contribution in [2.45, 2.75) is 38.5 Å². The number of hydrogen-bond acceptors (Lipinski definition) is 3. The third kappa shape index (κ3) is 3.80. The normalized spacial score (nSPS) is 16.1. The molecular formula is C23H24N2O2. The van der Waals surface area contributed by atoms with Gasteiger partial charge in [0.1, 0.15) is 5.75 Å². The number of phenolic OH excluding ortho intramolecular Hbond substituents is 1. The van der Waals surface area contributed by atoms with Gasteiger partial charge in [0.05, 0.1) is 22.8 Å². The number of benzene rings is 2. The molecule has 1 fully saturated rings. The lowest BCUT2D eigenvalue weighted by Gasteiger charge is -2.36. The van der Waals surface area contributed by atoms with Crippen LogP contribution in [0.5, 0.6) is 5.75 Å². The number of fused-ring (bicyclic) bond motifs is 1. The molecule has 0 bridgehead atoms. The highest BCUT2D eigenvalue weighted by Crippen LogP contribution is 2.40. The van der Waals surface area contributed by atoms with Crippen molar-refractivity contribution in [3.8, 4) is 5.75 Å². The number of rotatable bonds is 4. The Morgan fingerprint density at radius 3 is 2.67 bits per heavy atom. The number of carbonyl (C=O) groups is 1. The van der Waals surface area contributed by atoms with Crippen LogP contribution in [0.1, 0.15) is 37.7 Å². The zero-order chi connectivity index (χ0) is 18.7. The summed E-state index contributed by atoms with van der Waals surface area (Å²) in [5, 5.41) is 13.9. The van der Waals surface area contributed by atoms with E-state index in [1.54, 1.807) is 18.3 Å². The SMILES string of the molecule is O=C(Nc1cnc2ccccc2c1)C1(Cc2cccc(O)c2)CCCCC1. The molecule has 1 aliphatic carbocycles. The Morgan fingerprint density at radius 2 is 1.85 bits per heavy atom. The van der Waals surface area contributed by atoms with Crippen molar-refractivity contribution in [2.75, 3.05) is 5.32 Å². The van der Waals surface area contributed by atoms with Crippen molar-refractivity contribution in [3.63, 3.8) is 0 Å². The highest BCUT2D eigenvalue weighted by Gasteiger charge is 2.39. The van der Waals surface area contributed by atoms with E-state index in [4.69, 9.17) is 0 Å². The smallest absolute Gasteiger partial charge is 0.230 e. The number of carbonyl (C=O) groups excluding carboxylic acids is 1. The van der Waals surface area contributed by atoms with Gasteiger partial charge >= 0.3 is 0 Å². The van der Waals surface area contributed by atoms with E-state index >= 15 is 0 Å². The maximum absolute atomic E-state index is 13.3. The fourth-order valence-corrected chi connectivity index (χ4v) is 4.17. The summed E-state index contributed by atoms with van der Waals surface area (Å²) in [5.74, 6) is 0.306. The van der Waals surface area contributed by atoms with Gasteiger partial charge in [-0.15, -0.1) is 0 Å². The molecule has 1 saturated carbocycles. The van der Waals surface area contributed by atoms with E-state index in [2.05, 4.69) is 10.3 Å². The van der Waals surface area contributed by atoms with Crippen LogP contribution in [0.3, 0.4) is 0 Å². The third-order valence-corrected chi connectivity index (χ3v) is 5.59. The second-order valence-electron chi connectivity index (χ2n) is 7.56. The first kappa shape index (κ1) is 17.5. The average molecular weight is 360 g/mol. The Bertz CT molecular complexity index is 961. The Kier molecular flexibility index (Phi) is 4.80. The highest BCUT2D eigenvalue weighted by molar-refractivity contribution is 5.97. The molecule has 0 unspecified atom stereocenters. The van der Waals surface area contributed by atoms with Crippen LogP contribution in [0.15, 0.2) is 60.8 Å². The Hall–Kier alpha value is -2.88. The van der Waals surface area contributed by atoms with Crippen molar-refractivity contribution >= 4 is 22.5 Å². The van der Waals surface area contributed by atoms with Crippen molar-refractivity contribution < 1.29 is 9.90 Å². The number of nitrogens with zero attached hydrogens (tertiary/aromatic N) is 1. The Balaban J connectivity index is 1.60. The van der Waals surface area contributed by atoms with Crippen LogP contribution in [0.2, 0.25) is 0 Å². The number of para-hydroxylation sites is 1. The van der Waals surface area contributed by atoms with Gasteiger partial charge < -0.3 is 10.4 Å². The van der Waals surface area contributed by atoms with Crippen LogP contribution >= 0.6 is 0 Å². The number of pyridine rings is 1. The number of anilines is 1. The molecular weight excluding hydrogens is 336 g/mol. The largest absolute Gasteiger partial charge is 0.508 e. The molecule has 138 valence electrons. The zero-order valence-corrected chi connectivity index (χ0v) is 15.3. The molecule has 0 atom stereocenters. The first-order valence-electron chi connectivity index (χ1n) is 9.59. The van der Waals surface area contributed by atoms with Gasteiger partial charge in [0.15, 0.2) is 0 Å². The molecule has 1 aromatic heterocycles. The maximum atomic E-state index is 13.3. The minimum atomic E-state index is -0.433. The zero-order valence-electron chi connectivity index (χ0n) is 15.3. The van der Waals surface area contributed by atoms with E-state index in [0.717, 1.165) is 47.8 Å². The van der Waals surface area contributed by atoms with E-state index < -0.39 is 5.41 Å². The molecule has 4 rings (SSSR count). The Labute approximate surface area is 159 Å². The third-order valence-electron chi connectivity index (χ3n) is 5.59. The quantitative estimate of drug-likeness (QED) is 0.682. The lowest BCUT2D eigenvalue weighted by molar-refractivity contribution is -0.127. The number of aromatic nitrogens is 1. The fourth-order valence-electron chi connectivity index (χ4n) is 4.17. The number of amides is 1. The molecule has 2 N–H and O–H groups in total. The van der Waals surface area contributed by atoms with Crippen molar-refractivity contribution in [1.29, 1.82) is 0 Å². The summed E-state index contributed by atoms with van der Waals surface area (Å²) in [6.45, 7) is 0. The van der Waals surface area contributed by atoms with Crippen LogP contribution in [-0.4, -0.2) is 16.0 Å². The van der Waals surface area contributed by atoms with Crippen molar-refractivity contribution in [2.24, 2.45) is 5.41 Å². The summed E-state index contributed by atoms with van der Waals surface area (Å²) in [5.41, 5.74) is 2.23. The van der Waals surface area contributed by atoms with E-state index in [0.29, 0.717) is 6.42 Å². The molecule has 1 amide bonds. The summed E-state index contributed by atoms with van der Waals surface area (Å²) in [4.78, 5) is 17.8. The predicted octanol–water partition coefficient (Wildman–Crippen LogP) is 5.07. The summed E-state index contributed by atoms with van der Waals surface area (Å²) in [7, 11) is 0. The molecule has 3 aromatic rings. The van der Waals surface area contributed by atoms with Gasteiger partial charge in [-0.05, 0) is 49.1 Å². The summed E-state index contributed by atoms with van der Waals surface area (Å²) in [6, 6.07) is 17.1. The standard InChI is InChI=1S/C23H24N2O2/c26-20-9-6-7-17(13-20)15-23(11-4-1-5-12-23)22(27)25-19-14-18-8-2-3-10-21(18)24-16-19/h2-3,6-10,13-14,16,26H,1,4-5,11-12,15H2,(H,25,27). The molecule has 0 saturated heterocycles. The molecule has 2 aromatic carbocycles. The summed E-state index contributed by atoms with van der Waals surface area (Å²) in [6.07, 6.45) is 7.40. The molecule has 0 aliphatic heterocycles. The summed E-state index contributed by atoms with van der Waals surface area (Å²) < 4.78 is 0. The number of nitrogens with one attached hydrogen (secondary N) is 1. The monoisotopic (exact) mass is 360 g/mol. The minimum Gasteiger partial charge on any atom is -0.508 e. The van der Waals surface area contributed by atoms with E-state index in [9.17, 15) is 9.90 Å². The molecule has 4 heteroatoms. The summed E-state index contributed by atoms with van der Waals surface area (Å²) >= 11 is 0.